The molecule has 28 heavy (non-hydrogen) atoms. The molecule has 11 heteroatoms. The zero-order valence-corrected chi connectivity index (χ0v) is 15.4. The van der Waals surface area contributed by atoms with Crippen LogP contribution in [0.4, 0.5) is 11.7 Å². The Morgan fingerprint density at radius 1 is 1.32 bits per heavy atom. The number of pyridine rings is 1. The van der Waals surface area contributed by atoms with Crippen molar-refractivity contribution in [1.82, 2.24) is 9.99 Å². The van der Waals surface area contributed by atoms with E-state index in [-0.39, 0.29) is 23.2 Å². The lowest BCUT2D eigenvalue weighted by Crippen LogP contribution is -2.41. The molecule has 0 atom stereocenters. The van der Waals surface area contributed by atoms with E-state index in [0.717, 1.165) is 5.56 Å². The zero-order chi connectivity index (χ0) is 19.9. The number of fused-ring (bicyclic) bond motifs is 1. The summed E-state index contributed by atoms with van der Waals surface area (Å²) in [6.07, 6.45) is 4.67. The first-order valence-corrected chi connectivity index (χ1v) is 10.3. The minimum atomic E-state index is -2.59. The molecule has 2 aromatic rings. The molecule has 0 unspecified atom stereocenters. The fourth-order valence-corrected chi connectivity index (χ4v) is 4.21. The number of furan rings is 1. The van der Waals surface area contributed by atoms with Gasteiger partial charge in [0, 0.05) is 36.6 Å². The first-order chi connectivity index (χ1) is 13.3. The molecule has 2 aliphatic rings. The van der Waals surface area contributed by atoms with E-state index in [1.54, 1.807) is 23.5 Å². The van der Waals surface area contributed by atoms with Crippen LogP contribution in [0.15, 0.2) is 27.7 Å². The number of hydrogen-bond acceptors (Lipinski definition) is 9. The highest BCUT2D eigenvalue weighted by Crippen LogP contribution is 2.41. The van der Waals surface area contributed by atoms with Crippen LogP contribution < -0.4 is 5.43 Å². The molecular formula is C17H18N4O6S. The van der Waals surface area contributed by atoms with Crippen LogP contribution in [0.25, 0.3) is 11.6 Å². The maximum Gasteiger partial charge on any atom is 0.345 e. The van der Waals surface area contributed by atoms with E-state index in [0.29, 0.717) is 24.5 Å². The Bertz CT molecular complexity index is 990. The molecule has 4 rings (SSSR count). The highest BCUT2D eigenvalue weighted by molar-refractivity contribution is 8.24. The number of nitrogens with zero attached hydrogens (tertiary/aromatic N) is 3. The van der Waals surface area contributed by atoms with Gasteiger partial charge in [-0.25, -0.2) is 19.8 Å². The van der Waals surface area contributed by atoms with Gasteiger partial charge in [0.25, 0.3) is 0 Å². The molecule has 4 heterocycles. The van der Waals surface area contributed by atoms with Crippen LogP contribution in [0.5, 0.6) is 5.75 Å². The number of hydrazine groups is 1. The van der Waals surface area contributed by atoms with Gasteiger partial charge in [0.15, 0.2) is 22.9 Å². The van der Waals surface area contributed by atoms with Crippen LogP contribution in [-0.2, 0) is 0 Å². The van der Waals surface area contributed by atoms with Gasteiger partial charge in [-0.2, -0.15) is 10.6 Å². The third kappa shape index (κ3) is 3.47. The molecule has 2 aromatic heterocycles. The second-order valence-corrected chi connectivity index (χ2v) is 8.79. The Morgan fingerprint density at radius 2 is 2.07 bits per heavy atom. The number of aliphatic imine (C=N–C) groups is 1. The predicted molar refractivity (Wildman–Crippen MR) is 105 cm³/mol. The number of hydrogen-bond donors (Lipinski definition) is 5. The smallest absolute Gasteiger partial charge is 0.345 e. The normalized spacial score (nSPS) is 20.9. The van der Waals surface area contributed by atoms with Gasteiger partial charge in [0.2, 0.25) is 5.88 Å². The van der Waals surface area contributed by atoms with Crippen LogP contribution >= 0.6 is 10.6 Å². The molecule has 0 saturated carbocycles. The van der Waals surface area contributed by atoms with Gasteiger partial charge in [-0.1, -0.05) is 0 Å². The lowest BCUT2D eigenvalue weighted by molar-refractivity contribution is 0.0694. The molecule has 0 aliphatic carbocycles. The van der Waals surface area contributed by atoms with E-state index >= 15 is 0 Å². The SMILES string of the molecule is O=C(O)c1c(NN2CCS(O)(O)CC2)oc(C=C2C=Nc3ncccc32)c1O. The van der Waals surface area contributed by atoms with E-state index in [1.807, 2.05) is 6.07 Å². The van der Waals surface area contributed by atoms with Crippen molar-refractivity contribution in [3.63, 3.8) is 0 Å². The van der Waals surface area contributed by atoms with Crippen LogP contribution in [0.2, 0.25) is 0 Å². The van der Waals surface area contributed by atoms with E-state index in [1.165, 1.54) is 6.08 Å². The molecule has 2 aliphatic heterocycles. The van der Waals surface area contributed by atoms with E-state index in [2.05, 4.69) is 15.4 Å². The number of carbonyl (C=O) groups is 1. The number of aromatic carboxylic acids is 1. The van der Waals surface area contributed by atoms with E-state index in [4.69, 9.17) is 4.42 Å². The van der Waals surface area contributed by atoms with Crippen molar-refractivity contribution in [1.29, 1.82) is 0 Å². The summed E-state index contributed by atoms with van der Waals surface area (Å²) in [6.45, 7) is 0.593. The van der Waals surface area contributed by atoms with Gasteiger partial charge >= 0.3 is 5.97 Å². The summed E-state index contributed by atoms with van der Waals surface area (Å²) in [5.74, 6) is -1.13. The second-order valence-electron chi connectivity index (χ2n) is 6.37. The summed E-state index contributed by atoms with van der Waals surface area (Å²) in [5.41, 5.74) is 3.79. The van der Waals surface area contributed by atoms with Crippen molar-refractivity contribution in [3.8, 4) is 5.75 Å². The number of aromatic nitrogens is 1. The monoisotopic (exact) mass is 406 g/mol. The van der Waals surface area contributed by atoms with E-state index < -0.39 is 27.9 Å². The van der Waals surface area contributed by atoms with Crippen molar-refractivity contribution in [2.75, 3.05) is 30.0 Å². The number of allylic oxidation sites excluding steroid dienone is 1. The molecule has 0 radical (unpaired) electrons. The molecule has 0 amide bonds. The number of carboxylic acids is 1. The van der Waals surface area contributed by atoms with Crippen molar-refractivity contribution in [2.45, 2.75) is 0 Å². The number of carboxylic acid groups (broad SMARTS) is 1. The van der Waals surface area contributed by atoms with Crippen LogP contribution in [0.1, 0.15) is 21.7 Å². The quantitative estimate of drug-likeness (QED) is 0.516. The maximum atomic E-state index is 11.6. The average molecular weight is 406 g/mol. The summed E-state index contributed by atoms with van der Waals surface area (Å²) in [7, 11) is -2.59. The van der Waals surface area contributed by atoms with Crippen molar-refractivity contribution >= 4 is 46.1 Å². The first-order valence-electron chi connectivity index (χ1n) is 8.39. The van der Waals surface area contributed by atoms with Crippen molar-refractivity contribution in [2.24, 2.45) is 4.99 Å². The summed E-state index contributed by atoms with van der Waals surface area (Å²) >= 11 is 0. The van der Waals surface area contributed by atoms with Gasteiger partial charge in [0.1, 0.15) is 0 Å². The fraction of sp³-hybridized carbons (Fsp3) is 0.235. The highest BCUT2D eigenvalue weighted by atomic mass is 32.3. The van der Waals surface area contributed by atoms with E-state index in [9.17, 15) is 24.1 Å². The molecular weight excluding hydrogens is 388 g/mol. The third-order valence-corrected chi connectivity index (χ3v) is 6.14. The first kappa shape index (κ1) is 18.5. The maximum absolute atomic E-state index is 11.6. The van der Waals surface area contributed by atoms with Crippen LogP contribution in [-0.4, -0.2) is 66.1 Å². The number of aromatic hydroxyl groups is 1. The molecule has 0 spiro atoms. The Kier molecular flexibility index (Phi) is 4.59. The molecule has 10 nitrogen and oxygen atoms in total. The van der Waals surface area contributed by atoms with Gasteiger partial charge < -0.3 is 14.6 Å². The topological polar surface area (TPSA) is 152 Å². The van der Waals surface area contributed by atoms with Crippen molar-refractivity contribution < 1.29 is 28.5 Å². The van der Waals surface area contributed by atoms with Crippen LogP contribution in [0.3, 0.4) is 0 Å². The number of rotatable bonds is 4. The Balaban J connectivity index is 1.64. The standard InChI is InChI=1S/C17H18N4O6S/c22-14-12(8-10-9-19-15-11(10)2-1-3-18-15)27-16(13(14)17(23)24)20-21-4-6-28(25,26)7-5-21/h1-3,8-9,20,22,25-26H,4-7H2,(H,23,24). The van der Waals surface area contributed by atoms with Gasteiger partial charge in [-0.05, 0) is 18.2 Å². The Labute approximate surface area is 161 Å². The van der Waals surface area contributed by atoms with Gasteiger partial charge in [-0.3, -0.25) is 14.5 Å². The minimum absolute atomic E-state index is 0.0284. The van der Waals surface area contributed by atoms with Crippen molar-refractivity contribution in [3.05, 3.63) is 35.2 Å². The zero-order valence-electron chi connectivity index (χ0n) is 14.6. The second kappa shape index (κ2) is 6.95. The predicted octanol–water partition coefficient (Wildman–Crippen LogP) is 2.73. The largest absolute Gasteiger partial charge is 0.504 e. The number of anilines is 1. The lowest BCUT2D eigenvalue weighted by Gasteiger charge is -2.40. The van der Waals surface area contributed by atoms with Crippen LogP contribution in [0, 0.1) is 0 Å². The minimum Gasteiger partial charge on any atom is -0.504 e. The lowest BCUT2D eigenvalue weighted by atomic mass is 10.1. The summed E-state index contributed by atoms with van der Waals surface area (Å²) in [6, 6.07) is 3.56. The average Bonchev–Trinajstić information content (AvgIpc) is 3.19. The Morgan fingerprint density at radius 3 is 2.79 bits per heavy atom. The van der Waals surface area contributed by atoms with Gasteiger partial charge in [-0.15, -0.1) is 0 Å². The molecule has 0 aromatic carbocycles. The number of nitrogens with one attached hydrogen (secondary N) is 1. The molecule has 1 fully saturated rings. The summed E-state index contributed by atoms with van der Waals surface area (Å²) in [5, 5.41) is 21.5. The molecule has 5 N–H and O–H groups in total. The highest BCUT2D eigenvalue weighted by Gasteiger charge is 2.29. The summed E-state index contributed by atoms with van der Waals surface area (Å²) in [4.78, 5) is 19.9. The Hall–Kier alpha value is -2.86. The summed E-state index contributed by atoms with van der Waals surface area (Å²) < 4.78 is 25.0. The fourth-order valence-electron chi connectivity index (χ4n) is 2.98. The third-order valence-electron chi connectivity index (χ3n) is 4.47. The molecule has 148 valence electrons. The molecule has 1 saturated heterocycles. The van der Waals surface area contributed by atoms with Gasteiger partial charge in [0.05, 0.1) is 11.5 Å². The molecule has 0 bridgehead atoms.